The summed E-state index contributed by atoms with van der Waals surface area (Å²) in [5.41, 5.74) is 5.72. The largest absolute Gasteiger partial charge is 0.493 e. The minimum atomic E-state index is -0.522. The Bertz CT molecular complexity index is 1130. The number of benzene rings is 3. The number of rotatable bonds is 9. The van der Waals surface area contributed by atoms with E-state index < -0.39 is 11.8 Å². The highest BCUT2D eigenvalue weighted by atomic mass is 35.5. The van der Waals surface area contributed by atoms with Crippen LogP contribution in [0.4, 0.5) is 5.69 Å². The zero-order valence-electron chi connectivity index (χ0n) is 18.3. The van der Waals surface area contributed by atoms with Gasteiger partial charge in [-0.05, 0) is 60.5 Å². The molecule has 7 nitrogen and oxygen atoms in total. The van der Waals surface area contributed by atoms with Crippen LogP contribution in [0.1, 0.15) is 23.1 Å². The van der Waals surface area contributed by atoms with Crippen molar-refractivity contribution >= 4 is 35.3 Å². The number of anilines is 1. The number of aryl methyl sites for hydroxylation is 1. The number of carbonyl (C=O) groups is 2. The first-order valence-corrected chi connectivity index (χ1v) is 10.5. The summed E-state index contributed by atoms with van der Waals surface area (Å²) in [7, 11) is 1.54. The van der Waals surface area contributed by atoms with Gasteiger partial charge in [0.15, 0.2) is 11.5 Å². The highest BCUT2D eigenvalue weighted by molar-refractivity contribution is 6.30. The summed E-state index contributed by atoms with van der Waals surface area (Å²) in [5.74, 6) is 0.152. The van der Waals surface area contributed by atoms with Crippen molar-refractivity contribution in [2.45, 2.75) is 20.0 Å². The predicted octanol–water partition coefficient (Wildman–Crippen LogP) is 4.71. The third-order valence-corrected chi connectivity index (χ3v) is 4.81. The van der Waals surface area contributed by atoms with Crippen molar-refractivity contribution in [1.29, 1.82) is 0 Å². The number of hydrazone groups is 1. The molecule has 0 unspecified atom stereocenters. The maximum Gasteiger partial charge on any atom is 0.249 e. The van der Waals surface area contributed by atoms with Crippen LogP contribution >= 0.6 is 11.6 Å². The van der Waals surface area contributed by atoms with E-state index in [4.69, 9.17) is 21.1 Å². The minimum absolute atomic E-state index is 0.341. The van der Waals surface area contributed by atoms with Gasteiger partial charge >= 0.3 is 0 Å². The standard InChI is InChI=1S/C25H24ClN3O4/c1-17-3-10-21(11-4-17)28-24(30)14-25(31)29-27-15-19-7-12-22(23(13-19)32-2)33-16-18-5-8-20(26)9-6-18/h3-13,15H,14,16H2,1-2H3,(H,28,30)(H,29,31). The fourth-order valence-electron chi connectivity index (χ4n) is 2.83. The Labute approximate surface area is 197 Å². The van der Waals surface area contributed by atoms with Crippen molar-refractivity contribution < 1.29 is 19.1 Å². The maximum absolute atomic E-state index is 12.0. The molecule has 0 radical (unpaired) electrons. The Kier molecular flexibility index (Phi) is 8.43. The first-order chi connectivity index (χ1) is 15.9. The molecule has 0 saturated heterocycles. The van der Waals surface area contributed by atoms with Gasteiger partial charge in [-0.2, -0.15) is 5.10 Å². The summed E-state index contributed by atoms with van der Waals surface area (Å²) >= 11 is 5.90. The number of hydrogen-bond donors (Lipinski definition) is 2. The minimum Gasteiger partial charge on any atom is -0.493 e. The van der Waals surface area contributed by atoms with E-state index in [1.165, 1.54) is 6.21 Å². The zero-order valence-corrected chi connectivity index (χ0v) is 19.1. The number of nitrogens with one attached hydrogen (secondary N) is 2. The lowest BCUT2D eigenvalue weighted by Crippen LogP contribution is -2.24. The van der Waals surface area contributed by atoms with Gasteiger partial charge in [-0.1, -0.05) is 41.4 Å². The fraction of sp³-hybridized carbons (Fsp3) is 0.160. The lowest BCUT2D eigenvalue weighted by molar-refractivity contribution is -0.126. The number of amides is 2. The first kappa shape index (κ1) is 23.8. The Morgan fingerprint density at radius 1 is 0.970 bits per heavy atom. The van der Waals surface area contributed by atoms with Crippen LogP contribution in [0.5, 0.6) is 11.5 Å². The topological polar surface area (TPSA) is 89.0 Å². The predicted molar refractivity (Wildman–Crippen MR) is 129 cm³/mol. The van der Waals surface area contributed by atoms with Crippen molar-refractivity contribution in [3.05, 3.63) is 88.4 Å². The molecular weight excluding hydrogens is 442 g/mol. The number of nitrogens with zero attached hydrogens (tertiary/aromatic N) is 1. The van der Waals surface area contributed by atoms with Crippen molar-refractivity contribution in [2.75, 3.05) is 12.4 Å². The van der Waals surface area contributed by atoms with Gasteiger partial charge in [0.1, 0.15) is 13.0 Å². The van der Waals surface area contributed by atoms with Crippen molar-refractivity contribution in [2.24, 2.45) is 5.10 Å². The lowest BCUT2D eigenvalue weighted by atomic mass is 10.2. The summed E-state index contributed by atoms with van der Waals surface area (Å²) in [5, 5.41) is 7.24. The van der Waals surface area contributed by atoms with Crippen molar-refractivity contribution in [1.82, 2.24) is 5.43 Å². The van der Waals surface area contributed by atoms with Gasteiger partial charge in [-0.25, -0.2) is 5.43 Å². The molecule has 0 aromatic heterocycles. The van der Waals surface area contributed by atoms with E-state index in [0.717, 1.165) is 11.1 Å². The average molecular weight is 466 g/mol. The van der Waals surface area contributed by atoms with Gasteiger partial charge in [0.2, 0.25) is 11.8 Å². The summed E-state index contributed by atoms with van der Waals surface area (Å²) < 4.78 is 11.2. The van der Waals surface area contributed by atoms with Gasteiger partial charge in [0, 0.05) is 10.7 Å². The second kappa shape index (κ2) is 11.7. The molecule has 0 aliphatic heterocycles. The molecule has 0 atom stereocenters. The second-order valence-electron chi connectivity index (χ2n) is 7.21. The van der Waals surface area contributed by atoms with E-state index in [-0.39, 0.29) is 6.42 Å². The number of ether oxygens (including phenoxy) is 2. The molecule has 3 aromatic carbocycles. The van der Waals surface area contributed by atoms with Crippen LogP contribution in [0.25, 0.3) is 0 Å². The van der Waals surface area contributed by atoms with Crippen LogP contribution < -0.4 is 20.2 Å². The van der Waals surface area contributed by atoms with Crippen LogP contribution in [-0.2, 0) is 16.2 Å². The van der Waals surface area contributed by atoms with E-state index in [1.54, 1.807) is 49.6 Å². The van der Waals surface area contributed by atoms with E-state index in [1.807, 2.05) is 31.2 Å². The van der Waals surface area contributed by atoms with E-state index in [9.17, 15) is 9.59 Å². The SMILES string of the molecule is COc1cc(C=NNC(=O)CC(=O)Nc2ccc(C)cc2)ccc1OCc1ccc(Cl)cc1. The van der Waals surface area contributed by atoms with Gasteiger partial charge in [0.05, 0.1) is 13.3 Å². The normalized spacial score (nSPS) is 10.6. The molecule has 0 aliphatic carbocycles. The van der Waals surface area contributed by atoms with Gasteiger partial charge < -0.3 is 14.8 Å². The Balaban J connectivity index is 1.50. The second-order valence-corrected chi connectivity index (χ2v) is 7.65. The quantitative estimate of drug-likeness (QED) is 0.272. The van der Waals surface area contributed by atoms with E-state index in [2.05, 4.69) is 15.8 Å². The average Bonchev–Trinajstić information content (AvgIpc) is 2.80. The number of methoxy groups -OCH3 is 1. The summed E-state index contributed by atoms with van der Waals surface area (Å²) in [6.45, 7) is 2.32. The van der Waals surface area contributed by atoms with Crippen molar-refractivity contribution in [3.63, 3.8) is 0 Å². The number of hydrogen-bond acceptors (Lipinski definition) is 5. The third-order valence-electron chi connectivity index (χ3n) is 4.55. The molecule has 0 aliphatic rings. The maximum atomic E-state index is 12.0. The van der Waals surface area contributed by atoms with E-state index >= 15 is 0 Å². The highest BCUT2D eigenvalue weighted by Gasteiger charge is 2.09. The van der Waals surface area contributed by atoms with Crippen molar-refractivity contribution in [3.8, 4) is 11.5 Å². The molecule has 170 valence electrons. The Hall–Kier alpha value is -3.84. The fourth-order valence-corrected chi connectivity index (χ4v) is 2.96. The molecule has 3 aromatic rings. The summed E-state index contributed by atoms with van der Waals surface area (Å²) in [6.07, 6.45) is 1.12. The molecule has 8 heteroatoms. The smallest absolute Gasteiger partial charge is 0.249 e. The van der Waals surface area contributed by atoms with Crippen LogP contribution in [0.3, 0.4) is 0 Å². The van der Waals surface area contributed by atoms with E-state index in [0.29, 0.717) is 34.4 Å². The van der Waals surface area contributed by atoms with Crippen LogP contribution in [0.2, 0.25) is 5.02 Å². The molecule has 0 saturated carbocycles. The van der Waals surface area contributed by atoms with Gasteiger partial charge in [-0.3, -0.25) is 9.59 Å². The molecule has 0 spiro atoms. The van der Waals surface area contributed by atoms with Crippen LogP contribution in [0.15, 0.2) is 71.8 Å². The van der Waals surface area contributed by atoms with Gasteiger partial charge in [0.25, 0.3) is 0 Å². The van der Waals surface area contributed by atoms with Crippen LogP contribution in [0, 0.1) is 6.92 Å². The molecule has 33 heavy (non-hydrogen) atoms. The molecular formula is C25H24ClN3O4. The Morgan fingerprint density at radius 2 is 1.70 bits per heavy atom. The molecule has 0 fully saturated rings. The zero-order chi connectivity index (χ0) is 23.6. The first-order valence-electron chi connectivity index (χ1n) is 10.2. The molecule has 3 rings (SSSR count). The molecule has 2 amide bonds. The molecule has 0 bridgehead atoms. The monoisotopic (exact) mass is 465 g/mol. The lowest BCUT2D eigenvalue weighted by Gasteiger charge is -2.11. The number of carbonyl (C=O) groups excluding carboxylic acids is 2. The Morgan fingerprint density at radius 3 is 2.39 bits per heavy atom. The third kappa shape index (κ3) is 7.66. The molecule has 2 N–H and O–H groups in total. The molecule has 0 heterocycles. The summed E-state index contributed by atoms with van der Waals surface area (Å²) in [6, 6.07) is 20.0. The highest BCUT2D eigenvalue weighted by Crippen LogP contribution is 2.28. The van der Waals surface area contributed by atoms with Crippen LogP contribution in [-0.4, -0.2) is 25.1 Å². The summed E-state index contributed by atoms with van der Waals surface area (Å²) in [4.78, 5) is 23.9. The number of halogens is 1. The van der Waals surface area contributed by atoms with Gasteiger partial charge in [-0.15, -0.1) is 0 Å².